The molecule has 0 aliphatic carbocycles. The largest absolute Gasteiger partial charge is 0.493 e. The highest BCUT2D eigenvalue weighted by atomic mass is 35.5. The molecule has 0 aliphatic heterocycles. The molecule has 0 unspecified atom stereocenters. The minimum absolute atomic E-state index is 0.0288. The predicted octanol–water partition coefficient (Wildman–Crippen LogP) is 2.86. The molecule has 2 aromatic carbocycles. The SMILES string of the molecule is CCOc1ccc(C)cc1C(=O)N(Cc1ccc(Cl)cc1)c1c(N)n(C)c(=O)[nH]c1=O. The van der Waals surface area contributed by atoms with E-state index in [1.165, 1.54) is 11.9 Å². The van der Waals surface area contributed by atoms with Gasteiger partial charge in [-0.15, -0.1) is 0 Å². The molecule has 0 aliphatic rings. The molecule has 0 saturated heterocycles. The quantitative estimate of drug-likeness (QED) is 0.609. The summed E-state index contributed by atoms with van der Waals surface area (Å²) in [4.78, 5) is 41.8. The van der Waals surface area contributed by atoms with Crippen molar-refractivity contribution in [2.45, 2.75) is 20.4 Å². The number of amides is 1. The first-order valence-corrected chi connectivity index (χ1v) is 9.99. The Morgan fingerprint density at radius 1 is 1.19 bits per heavy atom. The van der Waals surface area contributed by atoms with E-state index in [-0.39, 0.29) is 23.6 Å². The minimum atomic E-state index is -0.756. The molecule has 0 bridgehead atoms. The second kappa shape index (κ2) is 9.09. The molecule has 1 aromatic heterocycles. The van der Waals surface area contributed by atoms with Gasteiger partial charge in [-0.1, -0.05) is 35.4 Å². The minimum Gasteiger partial charge on any atom is -0.493 e. The van der Waals surface area contributed by atoms with Crippen LogP contribution in [0.5, 0.6) is 5.75 Å². The molecule has 3 aromatic rings. The summed E-state index contributed by atoms with van der Waals surface area (Å²) < 4.78 is 6.71. The van der Waals surface area contributed by atoms with Gasteiger partial charge in [0.1, 0.15) is 11.6 Å². The molecule has 0 radical (unpaired) electrons. The Hall–Kier alpha value is -3.52. The number of nitrogens with zero attached hydrogens (tertiary/aromatic N) is 2. The van der Waals surface area contributed by atoms with Crippen LogP contribution in [0.4, 0.5) is 11.5 Å². The van der Waals surface area contributed by atoms with E-state index in [4.69, 9.17) is 22.1 Å². The number of aromatic nitrogens is 2. The first kappa shape index (κ1) is 22.2. The molecule has 9 heteroatoms. The lowest BCUT2D eigenvalue weighted by atomic mass is 10.1. The Morgan fingerprint density at radius 3 is 2.52 bits per heavy atom. The average Bonchev–Trinajstić information content (AvgIpc) is 2.74. The molecular formula is C22H23ClN4O4. The number of carbonyl (C=O) groups is 1. The van der Waals surface area contributed by atoms with E-state index in [1.807, 2.05) is 19.9 Å². The smallest absolute Gasteiger partial charge is 0.329 e. The Labute approximate surface area is 183 Å². The first-order valence-electron chi connectivity index (χ1n) is 9.61. The summed E-state index contributed by atoms with van der Waals surface area (Å²) in [6.45, 7) is 4.06. The summed E-state index contributed by atoms with van der Waals surface area (Å²) in [6.07, 6.45) is 0. The number of anilines is 2. The van der Waals surface area contributed by atoms with Crippen molar-refractivity contribution in [3.05, 3.63) is 85.0 Å². The number of carbonyl (C=O) groups excluding carboxylic acids is 1. The molecule has 1 amide bonds. The van der Waals surface area contributed by atoms with Crippen LogP contribution >= 0.6 is 11.6 Å². The summed E-state index contributed by atoms with van der Waals surface area (Å²) in [5.41, 5.74) is 6.40. The van der Waals surface area contributed by atoms with Gasteiger partial charge in [0, 0.05) is 12.1 Å². The van der Waals surface area contributed by atoms with Crippen molar-refractivity contribution >= 4 is 29.0 Å². The van der Waals surface area contributed by atoms with Crippen molar-refractivity contribution in [2.75, 3.05) is 17.2 Å². The zero-order valence-electron chi connectivity index (χ0n) is 17.4. The molecule has 3 rings (SSSR count). The van der Waals surface area contributed by atoms with Crippen LogP contribution in [0.1, 0.15) is 28.4 Å². The number of nitrogen functional groups attached to an aromatic ring is 1. The monoisotopic (exact) mass is 442 g/mol. The molecule has 162 valence electrons. The molecule has 8 nitrogen and oxygen atoms in total. The van der Waals surface area contributed by atoms with Crippen molar-refractivity contribution in [2.24, 2.45) is 7.05 Å². The van der Waals surface area contributed by atoms with Crippen molar-refractivity contribution in [1.29, 1.82) is 0 Å². The molecule has 0 spiro atoms. The zero-order chi connectivity index (χ0) is 22.7. The highest BCUT2D eigenvalue weighted by molar-refractivity contribution is 6.30. The number of aromatic amines is 1. The number of rotatable bonds is 6. The van der Waals surface area contributed by atoms with E-state index in [0.29, 0.717) is 17.4 Å². The fourth-order valence-electron chi connectivity index (χ4n) is 3.15. The number of benzene rings is 2. The van der Waals surface area contributed by atoms with E-state index in [9.17, 15) is 14.4 Å². The standard InChI is InChI=1S/C22H23ClN4O4/c1-4-31-17-10-5-13(2)11-16(17)21(29)27(12-14-6-8-15(23)9-7-14)18-19(24)26(3)22(30)25-20(18)28/h5-11H,4,12,24H2,1-3H3,(H,25,28,30). The van der Waals surface area contributed by atoms with Crippen LogP contribution in [0.3, 0.4) is 0 Å². The number of hydrogen-bond donors (Lipinski definition) is 2. The van der Waals surface area contributed by atoms with Gasteiger partial charge < -0.3 is 10.5 Å². The van der Waals surface area contributed by atoms with E-state index < -0.39 is 17.2 Å². The molecule has 0 fully saturated rings. The second-order valence-electron chi connectivity index (χ2n) is 7.00. The van der Waals surface area contributed by atoms with Gasteiger partial charge in [-0.05, 0) is 43.7 Å². The van der Waals surface area contributed by atoms with Crippen molar-refractivity contribution in [1.82, 2.24) is 9.55 Å². The number of H-pyrrole nitrogens is 1. The molecule has 0 saturated carbocycles. The van der Waals surface area contributed by atoms with Crippen molar-refractivity contribution in [3.8, 4) is 5.75 Å². The van der Waals surface area contributed by atoms with Crippen LogP contribution in [0, 0.1) is 6.92 Å². The third-order valence-electron chi connectivity index (χ3n) is 4.78. The number of nitrogens with one attached hydrogen (secondary N) is 1. The number of hydrogen-bond acceptors (Lipinski definition) is 5. The Kier molecular flexibility index (Phi) is 6.50. The predicted molar refractivity (Wildman–Crippen MR) is 121 cm³/mol. The second-order valence-corrected chi connectivity index (χ2v) is 7.44. The van der Waals surface area contributed by atoms with E-state index in [2.05, 4.69) is 4.98 Å². The maximum atomic E-state index is 13.7. The summed E-state index contributed by atoms with van der Waals surface area (Å²) >= 11 is 5.98. The number of nitrogens with two attached hydrogens (primary N) is 1. The Bertz CT molecular complexity index is 1230. The van der Waals surface area contributed by atoms with Crippen LogP contribution in [0.15, 0.2) is 52.1 Å². The molecule has 3 N–H and O–H groups in total. The summed E-state index contributed by atoms with van der Waals surface area (Å²) in [5, 5.41) is 0.540. The maximum absolute atomic E-state index is 13.7. The van der Waals surface area contributed by atoms with Gasteiger partial charge in [-0.2, -0.15) is 0 Å². The summed E-state index contributed by atoms with van der Waals surface area (Å²) in [5.74, 6) is -0.223. The van der Waals surface area contributed by atoms with Crippen LogP contribution in [-0.4, -0.2) is 22.1 Å². The molecule has 31 heavy (non-hydrogen) atoms. The lowest BCUT2D eigenvalue weighted by Gasteiger charge is -2.25. The van der Waals surface area contributed by atoms with Crippen LogP contribution in [-0.2, 0) is 13.6 Å². The van der Waals surface area contributed by atoms with Crippen LogP contribution < -0.4 is 26.6 Å². The van der Waals surface area contributed by atoms with E-state index in [0.717, 1.165) is 15.7 Å². The van der Waals surface area contributed by atoms with E-state index >= 15 is 0 Å². The first-order chi connectivity index (χ1) is 14.7. The number of halogens is 1. The lowest BCUT2D eigenvalue weighted by Crippen LogP contribution is -2.40. The van der Waals surface area contributed by atoms with Gasteiger partial charge in [0.25, 0.3) is 11.5 Å². The Balaban J connectivity index is 2.20. The van der Waals surface area contributed by atoms with Gasteiger partial charge in [0.2, 0.25) is 0 Å². The average molecular weight is 443 g/mol. The summed E-state index contributed by atoms with van der Waals surface area (Å²) in [7, 11) is 1.42. The summed E-state index contributed by atoms with van der Waals surface area (Å²) in [6, 6.07) is 12.1. The van der Waals surface area contributed by atoms with Gasteiger partial charge in [-0.25, -0.2) is 4.79 Å². The fourth-order valence-corrected chi connectivity index (χ4v) is 3.27. The fraction of sp³-hybridized carbons (Fsp3) is 0.227. The van der Waals surface area contributed by atoms with Crippen molar-refractivity contribution in [3.63, 3.8) is 0 Å². The molecule has 0 atom stereocenters. The highest BCUT2D eigenvalue weighted by Gasteiger charge is 2.27. The zero-order valence-corrected chi connectivity index (χ0v) is 18.2. The third kappa shape index (κ3) is 4.64. The third-order valence-corrected chi connectivity index (χ3v) is 5.03. The highest BCUT2D eigenvalue weighted by Crippen LogP contribution is 2.27. The van der Waals surface area contributed by atoms with Crippen LogP contribution in [0.25, 0.3) is 0 Å². The Morgan fingerprint density at radius 2 is 1.87 bits per heavy atom. The van der Waals surface area contributed by atoms with Crippen molar-refractivity contribution < 1.29 is 9.53 Å². The topological polar surface area (TPSA) is 110 Å². The van der Waals surface area contributed by atoms with Gasteiger partial charge in [-0.3, -0.25) is 24.0 Å². The van der Waals surface area contributed by atoms with Gasteiger partial charge in [0.15, 0.2) is 5.69 Å². The lowest BCUT2D eigenvalue weighted by molar-refractivity contribution is 0.0981. The normalized spacial score (nSPS) is 10.7. The maximum Gasteiger partial charge on any atom is 0.329 e. The van der Waals surface area contributed by atoms with Crippen LogP contribution in [0.2, 0.25) is 5.02 Å². The molecular weight excluding hydrogens is 420 g/mol. The molecule has 1 heterocycles. The van der Waals surface area contributed by atoms with Gasteiger partial charge >= 0.3 is 5.69 Å². The van der Waals surface area contributed by atoms with Gasteiger partial charge in [0.05, 0.1) is 18.7 Å². The number of ether oxygens (including phenoxy) is 1. The number of aryl methyl sites for hydroxylation is 1. The van der Waals surface area contributed by atoms with E-state index in [1.54, 1.807) is 36.4 Å².